The molecule has 3 aromatic rings. The molecule has 8 heteroatoms. The fraction of sp³-hybridized carbons (Fsp3) is 0.348. The smallest absolute Gasteiger partial charge is 0.185 e. The van der Waals surface area contributed by atoms with Crippen LogP contribution in [0, 0.1) is 0 Å². The third-order valence-corrected chi connectivity index (χ3v) is 9.30. The standard InChI is InChI=1S/C23H24Cl2N2O2S2/c1-2-16-3-5-17(6-4-16)11-20-15-30-23(26-20)27-9-7-21(8-10-27)31(28,29)22-13-18(24)12-19(25)14-22/h3-6,12-15,21H,2,7-11H2,1H3. The fourth-order valence-electron chi connectivity index (χ4n) is 3.87. The number of thiazole rings is 1. The van der Waals surface area contributed by atoms with Crippen LogP contribution in [0.1, 0.15) is 36.6 Å². The van der Waals surface area contributed by atoms with Gasteiger partial charge in [0.15, 0.2) is 15.0 Å². The van der Waals surface area contributed by atoms with Gasteiger partial charge >= 0.3 is 0 Å². The second-order valence-corrected chi connectivity index (χ2v) is 11.7. The van der Waals surface area contributed by atoms with Crippen molar-refractivity contribution < 1.29 is 8.42 Å². The maximum absolute atomic E-state index is 13.0. The van der Waals surface area contributed by atoms with Crippen LogP contribution in [0.25, 0.3) is 0 Å². The molecule has 164 valence electrons. The molecule has 2 heterocycles. The van der Waals surface area contributed by atoms with Gasteiger partial charge in [-0.15, -0.1) is 11.3 Å². The van der Waals surface area contributed by atoms with Crippen molar-refractivity contribution in [2.24, 2.45) is 0 Å². The highest BCUT2D eigenvalue weighted by atomic mass is 35.5. The molecule has 0 unspecified atom stereocenters. The first-order valence-corrected chi connectivity index (χ1v) is 13.5. The molecule has 0 spiro atoms. The Morgan fingerprint density at radius 3 is 2.26 bits per heavy atom. The van der Waals surface area contributed by atoms with Crippen LogP contribution in [-0.4, -0.2) is 31.7 Å². The monoisotopic (exact) mass is 494 g/mol. The van der Waals surface area contributed by atoms with E-state index in [1.54, 1.807) is 17.4 Å². The number of nitrogens with zero attached hydrogens (tertiary/aromatic N) is 2. The van der Waals surface area contributed by atoms with Gasteiger partial charge in [-0.05, 0) is 48.6 Å². The molecular weight excluding hydrogens is 471 g/mol. The van der Waals surface area contributed by atoms with Gasteiger partial charge in [-0.1, -0.05) is 54.4 Å². The van der Waals surface area contributed by atoms with Crippen LogP contribution >= 0.6 is 34.5 Å². The summed E-state index contributed by atoms with van der Waals surface area (Å²) in [4.78, 5) is 7.19. The van der Waals surface area contributed by atoms with Crippen LogP contribution in [-0.2, 0) is 22.7 Å². The van der Waals surface area contributed by atoms with E-state index in [0.29, 0.717) is 36.0 Å². The van der Waals surface area contributed by atoms with E-state index in [9.17, 15) is 8.42 Å². The summed E-state index contributed by atoms with van der Waals surface area (Å²) in [5.74, 6) is 0. The zero-order chi connectivity index (χ0) is 22.0. The van der Waals surface area contributed by atoms with Crippen molar-refractivity contribution in [1.29, 1.82) is 0 Å². The largest absolute Gasteiger partial charge is 0.348 e. The summed E-state index contributed by atoms with van der Waals surface area (Å²) in [5, 5.41) is 3.29. The van der Waals surface area contributed by atoms with Crippen molar-refractivity contribution in [2.75, 3.05) is 18.0 Å². The minimum absolute atomic E-state index is 0.203. The van der Waals surface area contributed by atoms with Crippen LogP contribution in [0.2, 0.25) is 10.0 Å². The molecule has 0 aliphatic carbocycles. The highest BCUT2D eigenvalue weighted by molar-refractivity contribution is 7.92. The minimum Gasteiger partial charge on any atom is -0.348 e. The summed E-state index contributed by atoms with van der Waals surface area (Å²) < 4.78 is 26.1. The topological polar surface area (TPSA) is 50.3 Å². The summed E-state index contributed by atoms with van der Waals surface area (Å²) in [6.45, 7) is 3.48. The minimum atomic E-state index is -3.47. The van der Waals surface area contributed by atoms with E-state index in [0.717, 1.165) is 23.7 Å². The summed E-state index contributed by atoms with van der Waals surface area (Å²) in [6, 6.07) is 13.2. The van der Waals surface area contributed by atoms with Crippen LogP contribution in [0.4, 0.5) is 5.13 Å². The maximum Gasteiger partial charge on any atom is 0.185 e. The molecular formula is C23H24Cl2N2O2S2. The molecule has 4 nitrogen and oxygen atoms in total. The predicted octanol–water partition coefficient (Wildman–Crippen LogP) is 6.05. The van der Waals surface area contributed by atoms with Crippen LogP contribution in [0.3, 0.4) is 0 Å². The zero-order valence-corrected chi connectivity index (χ0v) is 20.4. The zero-order valence-electron chi connectivity index (χ0n) is 17.2. The van der Waals surface area contributed by atoms with Gasteiger partial charge in [0.2, 0.25) is 0 Å². The number of rotatable bonds is 6. The lowest BCUT2D eigenvalue weighted by molar-refractivity contribution is 0.529. The number of sulfone groups is 1. The number of halogens is 2. The third kappa shape index (κ3) is 5.25. The Hall–Kier alpha value is -1.60. The first-order chi connectivity index (χ1) is 14.8. The third-order valence-electron chi connectivity index (χ3n) is 5.67. The SMILES string of the molecule is CCc1ccc(Cc2csc(N3CCC(S(=O)(=O)c4cc(Cl)cc(Cl)c4)CC3)n2)cc1. The fourth-order valence-corrected chi connectivity index (χ4v) is 7.20. The van der Waals surface area contributed by atoms with E-state index in [2.05, 4.69) is 41.5 Å². The molecule has 1 aromatic heterocycles. The number of hydrogen-bond acceptors (Lipinski definition) is 5. The Bertz CT molecular complexity index is 1130. The predicted molar refractivity (Wildman–Crippen MR) is 130 cm³/mol. The van der Waals surface area contributed by atoms with Crippen molar-refractivity contribution in [2.45, 2.75) is 42.8 Å². The summed E-state index contributed by atoms with van der Waals surface area (Å²) in [5.41, 5.74) is 3.63. The average Bonchev–Trinajstić information content (AvgIpc) is 3.22. The van der Waals surface area contributed by atoms with Gasteiger partial charge in [-0.25, -0.2) is 13.4 Å². The average molecular weight is 495 g/mol. The van der Waals surface area contributed by atoms with Crippen molar-refractivity contribution in [3.8, 4) is 0 Å². The molecule has 1 fully saturated rings. The maximum atomic E-state index is 13.0. The van der Waals surface area contributed by atoms with Crippen molar-refractivity contribution in [1.82, 2.24) is 4.98 Å². The number of piperidine rings is 1. The van der Waals surface area contributed by atoms with E-state index in [4.69, 9.17) is 28.2 Å². The van der Waals surface area contributed by atoms with E-state index < -0.39 is 15.1 Å². The molecule has 1 aliphatic heterocycles. The molecule has 2 aromatic carbocycles. The van der Waals surface area contributed by atoms with Crippen LogP contribution < -0.4 is 4.90 Å². The summed E-state index contributed by atoms with van der Waals surface area (Å²) >= 11 is 13.6. The van der Waals surface area contributed by atoms with Crippen molar-refractivity contribution in [3.05, 3.63) is 74.7 Å². The first-order valence-electron chi connectivity index (χ1n) is 10.3. The molecule has 0 bridgehead atoms. The number of aryl methyl sites for hydroxylation is 1. The quantitative estimate of drug-likeness (QED) is 0.418. The van der Waals surface area contributed by atoms with Gasteiger partial charge in [0, 0.05) is 34.9 Å². The first kappa shape index (κ1) is 22.6. The summed E-state index contributed by atoms with van der Waals surface area (Å²) in [6.07, 6.45) is 2.96. The molecule has 0 N–H and O–H groups in total. The van der Waals surface area contributed by atoms with E-state index in [1.807, 2.05) is 0 Å². The Kier molecular flexibility index (Phi) is 6.92. The van der Waals surface area contributed by atoms with E-state index >= 15 is 0 Å². The number of hydrogen-bond donors (Lipinski definition) is 0. The van der Waals surface area contributed by atoms with Gasteiger partial charge in [-0.2, -0.15) is 0 Å². The molecule has 0 atom stereocenters. The Labute approximate surface area is 197 Å². The lowest BCUT2D eigenvalue weighted by Crippen LogP contribution is -2.39. The second-order valence-electron chi connectivity index (χ2n) is 7.80. The number of benzene rings is 2. The van der Waals surface area contributed by atoms with Crippen molar-refractivity contribution in [3.63, 3.8) is 0 Å². The Morgan fingerprint density at radius 2 is 1.65 bits per heavy atom. The van der Waals surface area contributed by atoms with Gasteiger partial charge in [0.05, 0.1) is 15.8 Å². The van der Waals surface area contributed by atoms with Gasteiger partial charge in [0.1, 0.15) is 0 Å². The summed E-state index contributed by atoms with van der Waals surface area (Å²) in [7, 11) is -3.47. The van der Waals surface area contributed by atoms with Gasteiger partial charge < -0.3 is 4.90 Å². The van der Waals surface area contributed by atoms with Crippen molar-refractivity contribution >= 4 is 49.5 Å². The lowest BCUT2D eigenvalue weighted by Gasteiger charge is -2.31. The second kappa shape index (κ2) is 9.49. The van der Waals surface area contributed by atoms with E-state index in [-0.39, 0.29) is 4.90 Å². The van der Waals surface area contributed by atoms with Gasteiger partial charge in [0.25, 0.3) is 0 Å². The molecule has 0 saturated carbocycles. The molecule has 31 heavy (non-hydrogen) atoms. The molecule has 0 amide bonds. The number of aromatic nitrogens is 1. The Morgan fingerprint density at radius 1 is 1.03 bits per heavy atom. The van der Waals surface area contributed by atoms with Gasteiger partial charge in [-0.3, -0.25) is 0 Å². The van der Waals surface area contributed by atoms with Crippen LogP contribution in [0.15, 0.2) is 52.7 Å². The highest BCUT2D eigenvalue weighted by Crippen LogP contribution is 2.31. The molecule has 1 aliphatic rings. The highest BCUT2D eigenvalue weighted by Gasteiger charge is 2.32. The Balaban J connectivity index is 1.39. The molecule has 4 rings (SSSR count). The normalized spacial score (nSPS) is 15.4. The van der Waals surface area contributed by atoms with Crippen LogP contribution in [0.5, 0.6) is 0 Å². The van der Waals surface area contributed by atoms with E-state index in [1.165, 1.54) is 23.3 Å². The number of anilines is 1. The molecule has 1 saturated heterocycles. The lowest BCUT2D eigenvalue weighted by atomic mass is 10.1. The molecule has 0 radical (unpaired) electrons.